The molecule has 0 saturated carbocycles. The zero-order valence-corrected chi connectivity index (χ0v) is 10.8. The second-order valence-corrected chi connectivity index (χ2v) is 5.99. The lowest BCUT2D eigenvalue weighted by Gasteiger charge is -2.34. The van der Waals surface area contributed by atoms with Gasteiger partial charge in [-0.05, 0) is 29.7 Å². The van der Waals surface area contributed by atoms with Crippen LogP contribution in [0.4, 0.5) is 0 Å². The van der Waals surface area contributed by atoms with Crippen LogP contribution in [0.15, 0.2) is 17.5 Å². The molecular weight excluding hydrogens is 218 g/mol. The molecule has 2 nitrogen and oxygen atoms in total. The Hall–Kier alpha value is -0.670. The van der Waals surface area contributed by atoms with E-state index >= 15 is 0 Å². The molecule has 2 heterocycles. The summed E-state index contributed by atoms with van der Waals surface area (Å²) < 4.78 is 0. The molecule has 3 heteroatoms. The Balaban J connectivity index is 1.92. The van der Waals surface area contributed by atoms with Gasteiger partial charge in [0, 0.05) is 13.1 Å². The SMILES string of the molecule is C[C@H]1C[C@H](C)CN(CC(=O)c2cccs2)C1. The molecule has 1 aliphatic rings. The highest BCUT2D eigenvalue weighted by atomic mass is 32.1. The van der Waals surface area contributed by atoms with E-state index in [0.29, 0.717) is 6.54 Å². The molecule has 0 amide bonds. The summed E-state index contributed by atoms with van der Waals surface area (Å²) in [7, 11) is 0. The Labute approximate surface area is 101 Å². The van der Waals surface area contributed by atoms with Crippen LogP contribution in [-0.4, -0.2) is 30.3 Å². The van der Waals surface area contributed by atoms with Crippen molar-refractivity contribution in [3.8, 4) is 0 Å². The fraction of sp³-hybridized carbons (Fsp3) is 0.615. The zero-order valence-electron chi connectivity index (χ0n) is 9.98. The third-order valence-electron chi connectivity index (χ3n) is 3.11. The summed E-state index contributed by atoms with van der Waals surface area (Å²) in [5.74, 6) is 1.72. The van der Waals surface area contributed by atoms with Crippen molar-refractivity contribution in [3.05, 3.63) is 22.4 Å². The van der Waals surface area contributed by atoms with Gasteiger partial charge in [0.2, 0.25) is 0 Å². The van der Waals surface area contributed by atoms with E-state index in [2.05, 4.69) is 18.7 Å². The zero-order chi connectivity index (χ0) is 11.5. The number of likely N-dealkylation sites (tertiary alicyclic amines) is 1. The molecule has 0 aromatic carbocycles. The van der Waals surface area contributed by atoms with Gasteiger partial charge in [-0.2, -0.15) is 0 Å². The van der Waals surface area contributed by atoms with Crippen LogP contribution < -0.4 is 0 Å². The second-order valence-electron chi connectivity index (χ2n) is 5.04. The van der Waals surface area contributed by atoms with Crippen LogP contribution in [0.25, 0.3) is 0 Å². The lowest BCUT2D eigenvalue weighted by Crippen LogP contribution is -2.41. The standard InChI is InChI=1S/C13H19NOS/c1-10-6-11(2)8-14(7-10)9-12(15)13-4-3-5-16-13/h3-5,10-11H,6-9H2,1-2H3/t10-,11-/m0/s1. The van der Waals surface area contributed by atoms with Gasteiger partial charge in [0.15, 0.2) is 5.78 Å². The van der Waals surface area contributed by atoms with Crippen LogP contribution in [-0.2, 0) is 0 Å². The molecule has 0 N–H and O–H groups in total. The van der Waals surface area contributed by atoms with Crippen LogP contribution in [0.1, 0.15) is 29.9 Å². The Morgan fingerprint density at radius 2 is 2.12 bits per heavy atom. The fourth-order valence-corrected chi connectivity index (χ4v) is 3.30. The topological polar surface area (TPSA) is 20.3 Å². The number of nitrogens with zero attached hydrogens (tertiary/aromatic N) is 1. The van der Waals surface area contributed by atoms with E-state index in [1.165, 1.54) is 6.42 Å². The van der Waals surface area contributed by atoms with Crippen molar-refractivity contribution in [1.29, 1.82) is 0 Å². The normalized spacial score (nSPS) is 26.9. The minimum atomic E-state index is 0.274. The van der Waals surface area contributed by atoms with Crippen molar-refractivity contribution in [2.75, 3.05) is 19.6 Å². The number of ketones is 1. The summed E-state index contributed by atoms with van der Waals surface area (Å²) in [6, 6.07) is 3.86. The van der Waals surface area contributed by atoms with E-state index in [4.69, 9.17) is 0 Å². The van der Waals surface area contributed by atoms with E-state index < -0.39 is 0 Å². The van der Waals surface area contributed by atoms with E-state index in [9.17, 15) is 4.79 Å². The largest absolute Gasteiger partial charge is 0.295 e. The number of rotatable bonds is 3. The van der Waals surface area contributed by atoms with Crippen molar-refractivity contribution >= 4 is 17.1 Å². The monoisotopic (exact) mass is 237 g/mol. The van der Waals surface area contributed by atoms with Gasteiger partial charge in [0.1, 0.15) is 0 Å². The van der Waals surface area contributed by atoms with Crippen molar-refractivity contribution in [2.45, 2.75) is 20.3 Å². The number of thiophene rings is 1. The van der Waals surface area contributed by atoms with Gasteiger partial charge in [-0.25, -0.2) is 0 Å². The molecule has 16 heavy (non-hydrogen) atoms. The fourth-order valence-electron chi connectivity index (χ4n) is 2.64. The maximum atomic E-state index is 12.0. The first-order valence-corrected chi connectivity index (χ1v) is 6.82. The molecular formula is C13H19NOS. The molecule has 0 radical (unpaired) electrons. The Bertz CT molecular complexity index is 337. The molecule has 1 saturated heterocycles. The number of carbonyl (C=O) groups excluding carboxylic acids is 1. The van der Waals surface area contributed by atoms with Gasteiger partial charge in [-0.15, -0.1) is 11.3 Å². The molecule has 0 unspecified atom stereocenters. The number of hydrogen-bond donors (Lipinski definition) is 0. The first-order valence-electron chi connectivity index (χ1n) is 5.94. The van der Waals surface area contributed by atoms with Crippen LogP contribution >= 0.6 is 11.3 Å². The first-order chi connectivity index (χ1) is 7.65. The molecule has 88 valence electrons. The summed E-state index contributed by atoms with van der Waals surface area (Å²) in [5, 5.41) is 1.97. The number of Topliss-reactive ketones (excluding diaryl/α,β-unsaturated/α-hetero) is 1. The molecule has 2 atom stereocenters. The minimum absolute atomic E-state index is 0.274. The van der Waals surface area contributed by atoms with Crippen molar-refractivity contribution < 1.29 is 4.79 Å². The van der Waals surface area contributed by atoms with Crippen molar-refractivity contribution in [3.63, 3.8) is 0 Å². The Morgan fingerprint density at radius 3 is 2.69 bits per heavy atom. The minimum Gasteiger partial charge on any atom is -0.295 e. The van der Waals surface area contributed by atoms with Gasteiger partial charge >= 0.3 is 0 Å². The van der Waals surface area contributed by atoms with Crippen molar-refractivity contribution in [2.24, 2.45) is 11.8 Å². The van der Waals surface area contributed by atoms with Crippen LogP contribution in [0.2, 0.25) is 0 Å². The Kier molecular flexibility index (Phi) is 3.77. The summed E-state index contributed by atoms with van der Waals surface area (Å²) in [6.07, 6.45) is 1.30. The lowest BCUT2D eigenvalue weighted by atomic mass is 9.92. The molecule has 2 rings (SSSR count). The summed E-state index contributed by atoms with van der Waals surface area (Å²) in [6.45, 7) is 7.29. The molecule has 0 spiro atoms. The molecule has 1 aromatic heterocycles. The van der Waals surface area contributed by atoms with Gasteiger partial charge in [-0.3, -0.25) is 9.69 Å². The first kappa shape index (κ1) is 11.8. The lowest BCUT2D eigenvalue weighted by molar-refractivity contribution is 0.0853. The van der Waals surface area contributed by atoms with E-state index in [1.807, 2.05) is 17.5 Å². The van der Waals surface area contributed by atoms with Gasteiger partial charge in [0.05, 0.1) is 11.4 Å². The maximum Gasteiger partial charge on any atom is 0.186 e. The highest BCUT2D eigenvalue weighted by molar-refractivity contribution is 7.12. The molecule has 1 fully saturated rings. The molecule has 0 aliphatic carbocycles. The smallest absolute Gasteiger partial charge is 0.186 e. The highest BCUT2D eigenvalue weighted by Gasteiger charge is 2.23. The maximum absolute atomic E-state index is 12.0. The molecule has 1 aromatic rings. The van der Waals surface area contributed by atoms with Crippen molar-refractivity contribution in [1.82, 2.24) is 4.90 Å². The predicted octanol–water partition coefficient (Wildman–Crippen LogP) is 2.91. The van der Waals surface area contributed by atoms with E-state index in [1.54, 1.807) is 11.3 Å². The van der Waals surface area contributed by atoms with Gasteiger partial charge < -0.3 is 0 Å². The third kappa shape index (κ3) is 2.92. The van der Waals surface area contributed by atoms with Crippen LogP contribution in [0, 0.1) is 11.8 Å². The second kappa shape index (κ2) is 5.11. The average Bonchev–Trinajstić information content (AvgIpc) is 2.68. The van der Waals surface area contributed by atoms with Crippen LogP contribution in [0.5, 0.6) is 0 Å². The summed E-state index contributed by atoms with van der Waals surface area (Å²) in [4.78, 5) is 15.2. The molecule has 0 bridgehead atoms. The Morgan fingerprint density at radius 1 is 1.44 bits per heavy atom. The third-order valence-corrected chi connectivity index (χ3v) is 4.02. The van der Waals surface area contributed by atoms with Crippen LogP contribution in [0.3, 0.4) is 0 Å². The van der Waals surface area contributed by atoms with E-state index in [0.717, 1.165) is 29.8 Å². The predicted molar refractivity (Wildman–Crippen MR) is 68.0 cm³/mol. The number of carbonyl (C=O) groups is 1. The molecule has 1 aliphatic heterocycles. The van der Waals surface area contributed by atoms with E-state index in [-0.39, 0.29) is 5.78 Å². The summed E-state index contributed by atoms with van der Waals surface area (Å²) >= 11 is 1.54. The number of piperidine rings is 1. The van der Waals surface area contributed by atoms with Gasteiger partial charge in [-0.1, -0.05) is 19.9 Å². The van der Waals surface area contributed by atoms with Gasteiger partial charge in [0.25, 0.3) is 0 Å². The summed E-state index contributed by atoms with van der Waals surface area (Å²) in [5.41, 5.74) is 0. The number of hydrogen-bond acceptors (Lipinski definition) is 3. The average molecular weight is 237 g/mol. The highest BCUT2D eigenvalue weighted by Crippen LogP contribution is 2.21. The quantitative estimate of drug-likeness (QED) is 0.753.